The van der Waals surface area contributed by atoms with Gasteiger partial charge in [-0.3, -0.25) is 4.79 Å². The minimum Gasteiger partial charge on any atom is -0.468 e. The summed E-state index contributed by atoms with van der Waals surface area (Å²) in [4.78, 5) is 12.7. The van der Waals surface area contributed by atoms with Crippen molar-refractivity contribution in [2.24, 2.45) is 5.92 Å². The molecule has 178 valence electrons. The minimum atomic E-state index is -0.107. The van der Waals surface area contributed by atoms with Crippen LogP contribution in [0.25, 0.3) is 17.3 Å². The lowest BCUT2D eigenvalue weighted by Gasteiger charge is -2.11. The molecular weight excluding hydrogens is 450 g/mol. The summed E-state index contributed by atoms with van der Waals surface area (Å²) in [7, 11) is 0. The first kappa shape index (κ1) is 23.8. The van der Waals surface area contributed by atoms with E-state index in [0.29, 0.717) is 35.5 Å². The Morgan fingerprint density at radius 3 is 2.79 bits per heavy atom. The van der Waals surface area contributed by atoms with Crippen LogP contribution in [0.5, 0.6) is 0 Å². The van der Waals surface area contributed by atoms with E-state index < -0.39 is 0 Å². The van der Waals surface area contributed by atoms with Crippen LogP contribution in [-0.4, -0.2) is 38.2 Å². The highest BCUT2D eigenvalue weighted by atomic mass is 32.2. The number of nitrogens with one attached hydrogen (secondary N) is 1. The second-order valence-electron chi connectivity index (χ2n) is 8.43. The van der Waals surface area contributed by atoms with Crippen molar-refractivity contribution < 1.29 is 13.6 Å². The van der Waals surface area contributed by atoms with Gasteiger partial charge in [0.1, 0.15) is 11.5 Å². The standard InChI is InChI=1S/C25H29N5O3S/c1-17(2)9-10-21-15-23(25-28-27-18(3)33-25)29-30(21)20-7-4-6-19(14-20)24(31)26-11-13-34-16-22-8-5-12-32-22/h4-8,12,14-15,17H,9-11,13,16H2,1-3H3,(H,26,31). The molecule has 0 aliphatic carbocycles. The SMILES string of the molecule is Cc1nnc(-c2cc(CCC(C)C)n(-c3cccc(C(=O)NCCSCc4ccco4)c3)n2)o1. The summed E-state index contributed by atoms with van der Waals surface area (Å²) < 4.78 is 12.8. The smallest absolute Gasteiger partial charge is 0.268 e. The van der Waals surface area contributed by atoms with Gasteiger partial charge >= 0.3 is 0 Å². The minimum absolute atomic E-state index is 0.107. The lowest BCUT2D eigenvalue weighted by molar-refractivity contribution is 0.0956. The number of carbonyl (C=O) groups excluding carboxylic acids is 1. The van der Waals surface area contributed by atoms with E-state index >= 15 is 0 Å². The van der Waals surface area contributed by atoms with E-state index in [4.69, 9.17) is 13.9 Å². The molecule has 0 unspecified atom stereocenters. The van der Waals surface area contributed by atoms with E-state index in [1.165, 1.54) is 0 Å². The summed E-state index contributed by atoms with van der Waals surface area (Å²) in [6.07, 6.45) is 3.54. The highest BCUT2D eigenvalue weighted by Crippen LogP contribution is 2.23. The Labute approximate surface area is 203 Å². The van der Waals surface area contributed by atoms with Gasteiger partial charge in [-0.1, -0.05) is 19.9 Å². The van der Waals surface area contributed by atoms with Crippen molar-refractivity contribution in [1.29, 1.82) is 0 Å². The van der Waals surface area contributed by atoms with Crippen molar-refractivity contribution in [3.63, 3.8) is 0 Å². The highest BCUT2D eigenvalue weighted by Gasteiger charge is 2.17. The normalized spacial score (nSPS) is 11.3. The molecule has 34 heavy (non-hydrogen) atoms. The first-order chi connectivity index (χ1) is 16.5. The highest BCUT2D eigenvalue weighted by molar-refractivity contribution is 7.98. The number of thioether (sulfide) groups is 1. The fourth-order valence-electron chi connectivity index (χ4n) is 3.45. The Morgan fingerprint density at radius 1 is 1.18 bits per heavy atom. The number of nitrogens with zero attached hydrogens (tertiary/aromatic N) is 4. The molecule has 0 saturated heterocycles. The number of amides is 1. The Balaban J connectivity index is 1.45. The predicted molar refractivity (Wildman–Crippen MR) is 132 cm³/mol. The summed E-state index contributed by atoms with van der Waals surface area (Å²) >= 11 is 1.72. The van der Waals surface area contributed by atoms with Gasteiger partial charge in [-0.25, -0.2) is 4.68 Å². The number of hydrogen-bond donors (Lipinski definition) is 1. The number of benzene rings is 1. The molecule has 0 fully saturated rings. The van der Waals surface area contributed by atoms with Gasteiger partial charge in [0.05, 0.1) is 17.7 Å². The molecule has 0 aliphatic rings. The summed E-state index contributed by atoms with van der Waals surface area (Å²) in [6, 6.07) is 13.3. The van der Waals surface area contributed by atoms with Crippen LogP contribution in [0.15, 0.2) is 57.6 Å². The number of aryl methyl sites for hydroxylation is 2. The first-order valence-corrected chi connectivity index (χ1v) is 12.5. The molecule has 0 saturated carbocycles. The quantitative estimate of drug-likeness (QED) is 0.300. The third-order valence-corrected chi connectivity index (χ3v) is 6.20. The van der Waals surface area contributed by atoms with Crippen molar-refractivity contribution >= 4 is 17.7 Å². The number of aromatic nitrogens is 4. The van der Waals surface area contributed by atoms with E-state index in [1.807, 2.05) is 47.1 Å². The van der Waals surface area contributed by atoms with E-state index in [-0.39, 0.29) is 5.91 Å². The van der Waals surface area contributed by atoms with Gasteiger partial charge in [0, 0.05) is 30.5 Å². The van der Waals surface area contributed by atoms with Gasteiger partial charge in [0.2, 0.25) is 5.89 Å². The molecule has 9 heteroatoms. The average molecular weight is 480 g/mol. The van der Waals surface area contributed by atoms with Crippen LogP contribution < -0.4 is 5.32 Å². The maximum absolute atomic E-state index is 12.7. The predicted octanol–water partition coefficient (Wildman–Crippen LogP) is 5.08. The molecular formula is C25H29N5O3S. The van der Waals surface area contributed by atoms with Gasteiger partial charge in [0.25, 0.3) is 11.8 Å². The van der Waals surface area contributed by atoms with Gasteiger partial charge < -0.3 is 14.2 Å². The lowest BCUT2D eigenvalue weighted by Crippen LogP contribution is -2.25. The van der Waals surface area contributed by atoms with Crippen LogP contribution in [0, 0.1) is 12.8 Å². The molecule has 0 atom stereocenters. The van der Waals surface area contributed by atoms with Crippen LogP contribution in [0.1, 0.15) is 48.0 Å². The summed E-state index contributed by atoms with van der Waals surface area (Å²) in [5.41, 5.74) is 3.07. The molecule has 0 spiro atoms. The number of carbonyl (C=O) groups is 1. The van der Waals surface area contributed by atoms with Gasteiger partial charge in [-0.15, -0.1) is 10.2 Å². The second-order valence-corrected chi connectivity index (χ2v) is 9.53. The van der Waals surface area contributed by atoms with E-state index in [9.17, 15) is 4.79 Å². The van der Waals surface area contributed by atoms with E-state index in [2.05, 4.69) is 29.4 Å². The Hall–Kier alpha value is -3.33. The fourth-order valence-corrected chi connectivity index (χ4v) is 4.20. The molecule has 0 bridgehead atoms. The number of furan rings is 1. The molecule has 0 aliphatic heterocycles. The molecule has 8 nitrogen and oxygen atoms in total. The Bertz CT molecular complexity index is 1210. The van der Waals surface area contributed by atoms with Crippen molar-refractivity contribution in [2.45, 2.75) is 39.4 Å². The third-order valence-electron chi connectivity index (χ3n) is 5.22. The van der Waals surface area contributed by atoms with Crippen LogP contribution in [-0.2, 0) is 12.2 Å². The van der Waals surface area contributed by atoms with Crippen molar-refractivity contribution in [2.75, 3.05) is 12.3 Å². The molecule has 1 amide bonds. The second kappa shape index (κ2) is 11.2. The maximum Gasteiger partial charge on any atom is 0.268 e. The van der Waals surface area contributed by atoms with E-state index in [1.54, 1.807) is 24.9 Å². The zero-order chi connectivity index (χ0) is 23.9. The molecule has 3 aromatic heterocycles. The fraction of sp³-hybridized carbons (Fsp3) is 0.360. The number of hydrogen-bond acceptors (Lipinski definition) is 7. The Kier molecular flexibility index (Phi) is 7.84. The summed E-state index contributed by atoms with van der Waals surface area (Å²) in [6.45, 7) is 6.73. The molecule has 1 aromatic carbocycles. The van der Waals surface area contributed by atoms with Crippen LogP contribution in [0.3, 0.4) is 0 Å². The maximum atomic E-state index is 12.7. The number of rotatable bonds is 11. The molecule has 0 radical (unpaired) electrons. The van der Waals surface area contributed by atoms with E-state index in [0.717, 1.165) is 41.5 Å². The summed E-state index contributed by atoms with van der Waals surface area (Å²) in [5, 5.41) is 15.7. The zero-order valence-electron chi connectivity index (χ0n) is 19.7. The lowest BCUT2D eigenvalue weighted by atomic mass is 10.1. The first-order valence-electron chi connectivity index (χ1n) is 11.4. The van der Waals surface area contributed by atoms with Crippen LogP contribution in [0.4, 0.5) is 0 Å². The van der Waals surface area contributed by atoms with Crippen LogP contribution >= 0.6 is 11.8 Å². The van der Waals surface area contributed by atoms with Gasteiger partial charge in [-0.05, 0) is 55.2 Å². The van der Waals surface area contributed by atoms with Gasteiger partial charge in [0.15, 0.2) is 0 Å². The topological polar surface area (TPSA) is 99.0 Å². The van der Waals surface area contributed by atoms with Crippen LogP contribution in [0.2, 0.25) is 0 Å². The molecule has 1 N–H and O–H groups in total. The monoisotopic (exact) mass is 479 g/mol. The van der Waals surface area contributed by atoms with Crippen molar-refractivity contribution in [1.82, 2.24) is 25.3 Å². The average Bonchev–Trinajstić information content (AvgIpc) is 3.58. The van der Waals surface area contributed by atoms with Gasteiger partial charge in [-0.2, -0.15) is 16.9 Å². The molecule has 3 heterocycles. The third kappa shape index (κ3) is 6.17. The summed E-state index contributed by atoms with van der Waals surface area (Å²) in [5.74, 6) is 3.86. The largest absolute Gasteiger partial charge is 0.468 e. The zero-order valence-corrected chi connectivity index (χ0v) is 20.5. The Morgan fingerprint density at radius 2 is 2.06 bits per heavy atom. The molecule has 4 rings (SSSR count). The van der Waals surface area contributed by atoms with Crippen molar-refractivity contribution in [3.8, 4) is 17.3 Å². The molecule has 4 aromatic rings. The van der Waals surface area contributed by atoms with Crippen molar-refractivity contribution in [3.05, 3.63) is 71.6 Å².